The number of rotatable bonds is 3. The number of carbonyl (C=O) groups excluding carboxylic acids is 1. The fourth-order valence-electron chi connectivity index (χ4n) is 4.53. The lowest BCUT2D eigenvalue weighted by molar-refractivity contribution is 0.0446. The van der Waals surface area contributed by atoms with Gasteiger partial charge in [0.1, 0.15) is 5.76 Å². The van der Waals surface area contributed by atoms with Crippen molar-refractivity contribution in [1.82, 2.24) is 19.8 Å². The van der Waals surface area contributed by atoms with Crippen LogP contribution in [0.2, 0.25) is 0 Å². The van der Waals surface area contributed by atoms with Crippen LogP contribution in [-0.2, 0) is 32.2 Å². The molecular weight excluding hydrogens is 344 g/mol. The van der Waals surface area contributed by atoms with Crippen LogP contribution in [0, 0.1) is 5.92 Å². The highest BCUT2D eigenvalue weighted by atomic mass is 16.5. The highest BCUT2D eigenvalue weighted by molar-refractivity contribution is 5.94. The Labute approximate surface area is 157 Å². The van der Waals surface area contributed by atoms with Crippen molar-refractivity contribution in [3.8, 4) is 0 Å². The standard InChI is InChI=1S/C20H24N4O3/c25-18-9-14-5-1-3-7-16(14)21-24(18)12-13-10-23(11-13)20(26)19-15-6-2-4-8-17(15)27-22-19/h9,13H,1-8,10-12H2. The Balaban J connectivity index is 1.24. The summed E-state index contributed by atoms with van der Waals surface area (Å²) in [6, 6.07) is 1.75. The van der Waals surface area contributed by atoms with Crippen LogP contribution in [0.5, 0.6) is 0 Å². The van der Waals surface area contributed by atoms with E-state index < -0.39 is 0 Å². The van der Waals surface area contributed by atoms with Crippen LogP contribution in [0.3, 0.4) is 0 Å². The Bertz CT molecular complexity index is 939. The maximum Gasteiger partial charge on any atom is 0.276 e. The van der Waals surface area contributed by atoms with Gasteiger partial charge in [-0.05, 0) is 50.5 Å². The Kier molecular flexibility index (Phi) is 4.10. The molecule has 1 aliphatic heterocycles. The van der Waals surface area contributed by atoms with E-state index in [1.165, 1.54) is 0 Å². The molecule has 0 saturated carbocycles. The van der Waals surface area contributed by atoms with E-state index in [1.807, 2.05) is 0 Å². The van der Waals surface area contributed by atoms with Crippen molar-refractivity contribution in [3.05, 3.63) is 44.7 Å². The third-order valence-corrected chi connectivity index (χ3v) is 6.10. The van der Waals surface area contributed by atoms with Crippen LogP contribution in [0.4, 0.5) is 0 Å². The maximum absolute atomic E-state index is 12.7. The lowest BCUT2D eigenvalue weighted by Crippen LogP contribution is -2.52. The van der Waals surface area contributed by atoms with E-state index in [1.54, 1.807) is 15.6 Å². The minimum absolute atomic E-state index is 0.0222. The summed E-state index contributed by atoms with van der Waals surface area (Å²) < 4.78 is 6.96. The smallest absolute Gasteiger partial charge is 0.276 e. The van der Waals surface area contributed by atoms with Crippen LogP contribution in [-0.4, -0.2) is 38.8 Å². The van der Waals surface area contributed by atoms with Gasteiger partial charge in [-0.2, -0.15) is 5.10 Å². The summed E-state index contributed by atoms with van der Waals surface area (Å²) >= 11 is 0. The van der Waals surface area contributed by atoms with Crippen LogP contribution < -0.4 is 5.56 Å². The summed E-state index contributed by atoms with van der Waals surface area (Å²) in [6.07, 6.45) is 8.16. The maximum atomic E-state index is 12.7. The molecule has 3 heterocycles. The second kappa shape index (κ2) is 6.62. The van der Waals surface area contributed by atoms with E-state index in [0.717, 1.165) is 73.9 Å². The highest BCUT2D eigenvalue weighted by Gasteiger charge is 2.35. The van der Waals surface area contributed by atoms with Crippen molar-refractivity contribution in [3.63, 3.8) is 0 Å². The molecule has 0 bridgehead atoms. The summed E-state index contributed by atoms with van der Waals surface area (Å²) in [7, 11) is 0. The number of fused-ring (bicyclic) bond motifs is 2. The number of hydrogen-bond acceptors (Lipinski definition) is 5. The molecule has 2 aromatic heterocycles. The topological polar surface area (TPSA) is 81.2 Å². The highest BCUT2D eigenvalue weighted by Crippen LogP contribution is 2.27. The van der Waals surface area contributed by atoms with Crippen LogP contribution in [0.15, 0.2) is 15.4 Å². The molecule has 0 atom stereocenters. The van der Waals surface area contributed by atoms with Crippen molar-refractivity contribution in [1.29, 1.82) is 0 Å². The summed E-state index contributed by atoms with van der Waals surface area (Å²) in [5, 5.41) is 8.62. The second-order valence-electron chi connectivity index (χ2n) is 8.06. The van der Waals surface area contributed by atoms with Crippen molar-refractivity contribution >= 4 is 5.91 Å². The average molecular weight is 368 g/mol. The van der Waals surface area contributed by atoms with Gasteiger partial charge in [-0.1, -0.05) is 5.16 Å². The zero-order valence-electron chi connectivity index (χ0n) is 15.4. The number of aryl methyl sites for hydroxylation is 3. The van der Waals surface area contributed by atoms with Gasteiger partial charge in [-0.3, -0.25) is 9.59 Å². The van der Waals surface area contributed by atoms with Crippen molar-refractivity contribution in [2.75, 3.05) is 13.1 Å². The monoisotopic (exact) mass is 368 g/mol. The average Bonchev–Trinajstić information content (AvgIpc) is 3.08. The molecule has 2 aliphatic carbocycles. The molecule has 0 N–H and O–H groups in total. The molecule has 5 rings (SSSR count). The number of nitrogens with zero attached hydrogens (tertiary/aromatic N) is 4. The van der Waals surface area contributed by atoms with Crippen LogP contribution in [0.25, 0.3) is 0 Å². The Morgan fingerprint density at radius 2 is 1.89 bits per heavy atom. The molecule has 0 spiro atoms. The fraction of sp³-hybridized carbons (Fsp3) is 0.600. The SMILES string of the molecule is O=C(c1noc2c1CCCC2)N1CC(Cn2nc3c(cc2=O)CCCC3)C1. The van der Waals surface area contributed by atoms with E-state index >= 15 is 0 Å². The van der Waals surface area contributed by atoms with Gasteiger partial charge in [0.15, 0.2) is 5.69 Å². The number of carbonyl (C=O) groups is 1. The van der Waals surface area contributed by atoms with Crippen LogP contribution >= 0.6 is 0 Å². The number of amides is 1. The molecule has 1 fully saturated rings. The summed E-state index contributed by atoms with van der Waals surface area (Å²) in [6.45, 7) is 1.87. The minimum atomic E-state index is -0.0381. The van der Waals surface area contributed by atoms with E-state index in [-0.39, 0.29) is 17.4 Å². The van der Waals surface area contributed by atoms with Crippen molar-refractivity contribution < 1.29 is 9.32 Å². The molecule has 0 aromatic carbocycles. The fourth-order valence-corrected chi connectivity index (χ4v) is 4.53. The first kappa shape index (κ1) is 16.7. The first-order valence-electron chi connectivity index (χ1n) is 10.1. The van der Waals surface area contributed by atoms with Gasteiger partial charge in [0.05, 0.1) is 12.2 Å². The number of likely N-dealkylation sites (tertiary alicyclic amines) is 1. The molecule has 27 heavy (non-hydrogen) atoms. The Morgan fingerprint density at radius 1 is 1.11 bits per heavy atom. The summed E-state index contributed by atoms with van der Waals surface area (Å²) in [5.41, 5.74) is 3.66. The largest absolute Gasteiger partial charge is 0.360 e. The zero-order valence-corrected chi connectivity index (χ0v) is 15.4. The molecule has 0 radical (unpaired) electrons. The molecule has 1 saturated heterocycles. The van der Waals surface area contributed by atoms with Crippen molar-refractivity contribution in [2.24, 2.45) is 5.92 Å². The second-order valence-corrected chi connectivity index (χ2v) is 8.06. The minimum Gasteiger partial charge on any atom is -0.360 e. The molecular formula is C20H24N4O3. The summed E-state index contributed by atoms with van der Waals surface area (Å²) in [4.78, 5) is 26.9. The van der Waals surface area contributed by atoms with Gasteiger partial charge >= 0.3 is 0 Å². The van der Waals surface area contributed by atoms with Gasteiger partial charge in [0, 0.05) is 37.1 Å². The van der Waals surface area contributed by atoms with Gasteiger partial charge in [0.25, 0.3) is 11.5 Å². The number of aromatic nitrogens is 3. The molecule has 142 valence electrons. The molecule has 7 heteroatoms. The lowest BCUT2D eigenvalue weighted by Gasteiger charge is -2.39. The lowest BCUT2D eigenvalue weighted by atomic mass is 9.94. The molecule has 0 unspecified atom stereocenters. The molecule has 2 aromatic rings. The molecule has 3 aliphatic rings. The van der Waals surface area contributed by atoms with Crippen LogP contribution in [0.1, 0.15) is 58.8 Å². The predicted octanol–water partition coefficient (Wildman–Crippen LogP) is 1.76. The quantitative estimate of drug-likeness (QED) is 0.825. The Morgan fingerprint density at radius 3 is 2.78 bits per heavy atom. The van der Waals surface area contributed by atoms with Gasteiger partial charge in [0.2, 0.25) is 0 Å². The predicted molar refractivity (Wildman–Crippen MR) is 97.7 cm³/mol. The molecule has 7 nitrogen and oxygen atoms in total. The van der Waals surface area contributed by atoms with Gasteiger partial charge in [-0.25, -0.2) is 4.68 Å². The molecule has 1 amide bonds. The van der Waals surface area contributed by atoms with Crippen molar-refractivity contribution in [2.45, 2.75) is 57.9 Å². The first-order valence-corrected chi connectivity index (χ1v) is 10.1. The van der Waals surface area contributed by atoms with Gasteiger partial charge < -0.3 is 9.42 Å². The third-order valence-electron chi connectivity index (χ3n) is 6.10. The first-order chi connectivity index (χ1) is 13.2. The zero-order chi connectivity index (χ0) is 18.4. The van der Waals surface area contributed by atoms with E-state index in [0.29, 0.717) is 25.3 Å². The Hall–Kier alpha value is -2.44. The van der Waals surface area contributed by atoms with E-state index in [2.05, 4.69) is 10.3 Å². The van der Waals surface area contributed by atoms with E-state index in [9.17, 15) is 9.59 Å². The summed E-state index contributed by atoms with van der Waals surface area (Å²) in [5.74, 6) is 1.11. The van der Waals surface area contributed by atoms with Gasteiger partial charge in [-0.15, -0.1) is 0 Å². The van der Waals surface area contributed by atoms with E-state index in [4.69, 9.17) is 4.52 Å². The third kappa shape index (κ3) is 2.99. The number of hydrogen-bond donors (Lipinski definition) is 0. The normalized spacial score (nSPS) is 19.3.